The summed E-state index contributed by atoms with van der Waals surface area (Å²) in [4.78, 5) is 30.5. The first-order valence-electron chi connectivity index (χ1n) is 8.22. The molecule has 2 aromatic heterocycles. The Morgan fingerprint density at radius 2 is 2.08 bits per heavy atom. The molecule has 6 nitrogen and oxygen atoms in total. The Hall–Kier alpha value is -2.76. The molecule has 0 aliphatic carbocycles. The number of nitrogens with one attached hydrogen (secondary N) is 1. The normalized spacial score (nSPS) is 15.8. The van der Waals surface area contributed by atoms with E-state index in [2.05, 4.69) is 40.1 Å². The fourth-order valence-electron chi connectivity index (χ4n) is 3.26. The molecule has 1 saturated heterocycles. The predicted molar refractivity (Wildman–Crippen MR) is 90.7 cm³/mol. The summed E-state index contributed by atoms with van der Waals surface area (Å²) in [7, 11) is 0. The van der Waals surface area contributed by atoms with E-state index < -0.39 is 0 Å². The van der Waals surface area contributed by atoms with Crippen molar-refractivity contribution in [1.82, 2.24) is 24.8 Å². The van der Waals surface area contributed by atoms with Crippen LogP contribution in [0.1, 0.15) is 40.6 Å². The number of rotatable bonds is 2. The number of imidazole rings is 1. The summed E-state index contributed by atoms with van der Waals surface area (Å²) in [5.74, 6) is 1.35. The van der Waals surface area contributed by atoms with Crippen LogP contribution in [0.3, 0.4) is 0 Å². The zero-order valence-corrected chi connectivity index (χ0v) is 13.6. The molecule has 6 heteroatoms. The summed E-state index contributed by atoms with van der Waals surface area (Å²) in [5, 5.41) is 0. The van der Waals surface area contributed by atoms with Gasteiger partial charge < -0.3 is 9.88 Å². The van der Waals surface area contributed by atoms with Crippen molar-refractivity contribution in [3.63, 3.8) is 0 Å². The smallest absolute Gasteiger partial charge is 0.274 e. The molecule has 1 aromatic carbocycles. The summed E-state index contributed by atoms with van der Waals surface area (Å²) in [6.07, 6.45) is 6.47. The van der Waals surface area contributed by atoms with E-state index in [9.17, 15) is 4.79 Å². The monoisotopic (exact) mass is 321 g/mol. The van der Waals surface area contributed by atoms with E-state index >= 15 is 0 Å². The average molecular weight is 321 g/mol. The number of hydrogen-bond donors (Lipinski definition) is 1. The average Bonchev–Trinajstić information content (AvgIpc) is 3.05. The first kappa shape index (κ1) is 14.8. The van der Waals surface area contributed by atoms with E-state index in [4.69, 9.17) is 4.98 Å². The van der Waals surface area contributed by atoms with Crippen molar-refractivity contribution in [1.29, 1.82) is 0 Å². The number of likely N-dealkylation sites (tertiary alicyclic amines) is 1. The van der Waals surface area contributed by atoms with Crippen LogP contribution in [0.15, 0.2) is 36.8 Å². The minimum Gasteiger partial charge on any atom is -0.342 e. The Balaban J connectivity index is 1.46. The third-order valence-corrected chi connectivity index (χ3v) is 4.61. The van der Waals surface area contributed by atoms with Crippen molar-refractivity contribution in [2.75, 3.05) is 13.1 Å². The first-order valence-corrected chi connectivity index (χ1v) is 8.22. The van der Waals surface area contributed by atoms with Crippen molar-refractivity contribution >= 4 is 16.9 Å². The summed E-state index contributed by atoms with van der Waals surface area (Å²) in [5.41, 5.74) is 3.73. The van der Waals surface area contributed by atoms with Crippen LogP contribution in [-0.4, -0.2) is 43.8 Å². The molecule has 0 bridgehead atoms. The van der Waals surface area contributed by atoms with Gasteiger partial charge >= 0.3 is 0 Å². The number of carbonyl (C=O) groups excluding carboxylic acids is 1. The molecule has 1 N–H and O–H groups in total. The molecule has 3 aromatic rings. The van der Waals surface area contributed by atoms with Gasteiger partial charge in [-0.05, 0) is 37.5 Å². The molecule has 1 aliphatic rings. The second-order valence-corrected chi connectivity index (χ2v) is 6.30. The quantitative estimate of drug-likeness (QED) is 0.787. The number of aromatic nitrogens is 4. The number of carbonyl (C=O) groups is 1. The highest BCUT2D eigenvalue weighted by atomic mass is 16.2. The maximum Gasteiger partial charge on any atom is 0.274 e. The van der Waals surface area contributed by atoms with Crippen LogP contribution in [-0.2, 0) is 0 Å². The first-order chi connectivity index (χ1) is 11.7. The summed E-state index contributed by atoms with van der Waals surface area (Å²) < 4.78 is 0. The molecule has 0 radical (unpaired) electrons. The number of aryl methyl sites for hydroxylation is 1. The highest BCUT2D eigenvalue weighted by Gasteiger charge is 2.26. The largest absolute Gasteiger partial charge is 0.342 e. The molecule has 1 amide bonds. The molecule has 0 unspecified atom stereocenters. The standard InChI is InChI=1S/C18H19N5O/c1-12-2-3-14-15(10-12)22-17(21-14)13-4-8-23(9-5-13)18(24)16-11-19-6-7-20-16/h2-3,6-7,10-11,13H,4-5,8-9H2,1H3,(H,21,22). The third-order valence-electron chi connectivity index (χ3n) is 4.61. The Morgan fingerprint density at radius 3 is 2.83 bits per heavy atom. The Morgan fingerprint density at radius 1 is 1.25 bits per heavy atom. The van der Waals surface area contributed by atoms with E-state index in [1.165, 1.54) is 11.8 Å². The van der Waals surface area contributed by atoms with Crippen LogP contribution in [0, 0.1) is 6.92 Å². The van der Waals surface area contributed by atoms with Crippen molar-refractivity contribution in [3.8, 4) is 0 Å². The molecular formula is C18H19N5O. The topological polar surface area (TPSA) is 74.8 Å². The SMILES string of the molecule is Cc1ccc2nc(C3CCN(C(=O)c4cnccn4)CC3)[nH]c2c1. The number of piperidine rings is 1. The van der Waals surface area contributed by atoms with Crippen molar-refractivity contribution in [2.24, 2.45) is 0 Å². The van der Waals surface area contributed by atoms with Gasteiger partial charge in [-0.25, -0.2) is 9.97 Å². The molecule has 24 heavy (non-hydrogen) atoms. The van der Waals surface area contributed by atoms with Gasteiger partial charge in [-0.3, -0.25) is 9.78 Å². The lowest BCUT2D eigenvalue weighted by Gasteiger charge is -2.30. The number of amides is 1. The van der Waals surface area contributed by atoms with E-state index in [-0.39, 0.29) is 5.91 Å². The summed E-state index contributed by atoms with van der Waals surface area (Å²) in [6, 6.07) is 6.26. The van der Waals surface area contributed by atoms with Crippen LogP contribution in [0.5, 0.6) is 0 Å². The van der Waals surface area contributed by atoms with Gasteiger partial charge in [0, 0.05) is 31.4 Å². The second-order valence-electron chi connectivity index (χ2n) is 6.30. The van der Waals surface area contributed by atoms with Gasteiger partial charge in [0.1, 0.15) is 11.5 Å². The molecule has 3 heterocycles. The fourth-order valence-corrected chi connectivity index (χ4v) is 3.26. The zero-order valence-electron chi connectivity index (χ0n) is 13.6. The number of hydrogen-bond acceptors (Lipinski definition) is 4. The van der Waals surface area contributed by atoms with E-state index in [0.29, 0.717) is 11.6 Å². The maximum atomic E-state index is 12.4. The molecule has 1 fully saturated rings. The van der Waals surface area contributed by atoms with Crippen LogP contribution in [0.2, 0.25) is 0 Å². The Kier molecular flexibility index (Phi) is 3.72. The predicted octanol–water partition coefficient (Wildman–Crippen LogP) is 2.68. The van der Waals surface area contributed by atoms with Gasteiger partial charge in [0.15, 0.2) is 0 Å². The van der Waals surface area contributed by atoms with Gasteiger partial charge in [0.25, 0.3) is 5.91 Å². The number of fused-ring (bicyclic) bond motifs is 1. The van der Waals surface area contributed by atoms with Crippen LogP contribution < -0.4 is 0 Å². The van der Waals surface area contributed by atoms with E-state index in [0.717, 1.165) is 42.8 Å². The van der Waals surface area contributed by atoms with Gasteiger partial charge in [0.2, 0.25) is 0 Å². The van der Waals surface area contributed by atoms with Gasteiger partial charge in [-0.15, -0.1) is 0 Å². The highest BCUT2D eigenvalue weighted by molar-refractivity contribution is 5.92. The van der Waals surface area contributed by atoms with E-state index in [1.807, 2.05) is 4.90 Å². The Bertz CT molecular complexity index is 866. The lowest BCUT2D eigenvalue weighted by atomic mass is 9.96. The van der Waals surface area contributed by atoms with Crippen molar-refractivity contribution in [3.05, 3.63) is 53.9 Å². The third kappa shape index (κ3) is 2.75. The van der Waals surface area contributed by atoms with E-state index in [1.54, 1.807) is 12.4 Å². The summed E-state index contributed by atoms with van der Waals surface area (Å²) >= 11 is 0. The van der Waals surface area contributed by atoms with Gasteiger partial charge in [-0.2, -0.15) is 0 Å². The second kappa shape index (κ2) is 6.03. The minimum atomic E-state index is -0.0400. The number of nitrogens with zero attached hydrogens (tertiary/aromatic N) is 4. The van der Waals surface area contributed by atoms with Gasteiger partial charge in [-0.1, -0.05) is 6.07 Å². The number of H-pyrrole nitrogens is 1. The van der Waals surface area contributed by atoms with Crippen molar-refractivity contribution in [2.45, 2.75) is 25.7 Å². The summed E-state index contributed by atoms with van der Waals surface area (Å²) in [6.45, 7) is 3.52. The maximum absolute atomic E-state index is 12.4. The zero-order chi connectivity index (χ0) is 16.5. The fraction of sp³-hybridized carbons (Fsp3) is 0.333. The van der Waals surface area contributed by atoms with Crippen molar-refractivity contribution < 1.29 is 4.79 Å². The molecule has 0 saturated carbocycles. The Labute approximate surface area is 140 Å². The number of aromatic amines is 1. The van der Waals surface area contributed by atoms with Crippen LogP contribution in [0.25, 0.3) is 11.0 Å². The lowest BCUT2D eigenvalue weighted by Crippen LogP contribution is -2.38. The molecule has 122 valence electrons. The molecule has 1 aliphatic heterocycles. The molecule has 0 atom stereocenters. The molecule has 0 spiro atoms. The minimum absolute atomic E-state index is 0.0400. The highest BCUT2D eigenvalue weighted by Crippen LogP contribution is 2.28. The number of benzene rings is 1. The van der Waals surface area contributed by atoms with Gasteiger partial charge in [0.05, 0.1) is 17.2 Å². The molecule has 4 rings (SSSR count). The van der Waals surface area contributed by atoms with Crippen LogP contribution in [0.4, 0.5) is 0 Å². The molecular weight excluding hydrogens is 302 g/mol. The van der Waals surface area contributed by atoms with Crippen LogP contribution >= 0.6 is 0 Å². The lowest BCUT2D eigenvalue weighted by molar-refractivity contribution is 0.0705.